The van der Waals surface area contributed by atoms with Crippen molar-refractivity contribution in [3.8, 4) is 5.75 Å². The SMILES string of the molecule is CN(CCCCN1CCN(c2ncccn2)CC1)C1C=Nc2ccccc2O1. The quantitative estimate of drug-likeness (QED) is 0.688. The molecule has 1 unspecified atom stereocenters. The molecule has 1 aromatic carbocycles. The molecule has 0 aliphatic carbocycles. The highest BCUT2D eigenvalue weighted by Gasteiger charge is 2.20. The molecule has 148 valence electrons. The second-order valence-electron chi connectivity index (χ2n) is 7.32. The summed E-state index contributed by atoms with van der Waals surface area (Å²) in [4.78, 5) is 20.2. The molecule has 2 aliphatic rings. The largest absolute Gasteiger partial charge is 0.468 e. The number of para-hydroxylation sites is 2. The van der Waals surface area contributed by atoms with Gasteiger partial charge in [-0.3, -0.25) is 14.8 Å². The molecule has 0 saturated carbocycles. The zero-order valence-electron chi connectivity index (χ0n) is 16.4. The first-order valence-electron chi connectivity index (χ1n) is 10.0. The van der Waals surface area contributed by atoms with Crippen molar-refractivity contribution in [2.75, 3.05) is 51.2 Å². The Balaban J connectivity index is 1.14. The molecule has 2 aromatic rings. The van der Waals surface area contributed by atoms with Gasteiger partial charge in [0.2, 0.25) is 5.95 Å². The lowest BCUT2D eigenvalue weighted by Gasteiger charge is -2.34. The van der Waals surface area contributed by atoms with Gasteiger partial charge >= 0.3 is 0 Å². The van der Waals surface area contributed by atoms with Crippen molar-refractivity contribution in [3.63, 3.8) is 0 Å². The highest BCUT2D eigenvalue weighted by atomic mass is 16.5. The number of nitrogens with zero attached hydrogens (tertiary/aromatic N) is 6. The van der Waals surface area contributed by atoms with Gasteiger partial charge in [-0.1, -0.05) is 12.1 Å². The van der Waals surface area contributed by atoms with Crippen LogP contribution in [0, 0.1) is 0 Å². The molecule has 1 fully saturated rings. The summed E-state index contributed by atoms with van der Waals surface area (Å²) in [7, 11) is 2.10. The van der Waals surface area contributed by atoms with E-state index < -0.39 is 0 Å². The summed E-state index contributed by atoms with van der Waals surface area (Å²) >= 11 is 0. The van der Waals surface area contributed by atoms with Crippen LogP contribution in [0.1, 0.15) is 12.8 Å². The minimum atomic E-state index is -0.0793. The number of aliphatic imine (C=N–C) groups is 1. The molecule has 7 nitrogen and oxygen atoms in total. The van der Waals surface area contributed by atoms with E-state index in [0.29, 0.717) is 0 Å². The minimum Gasteiger partial charge on any atom is -0.468 e. The van der Waals surface area contributed by atoms with Gasteiger partial charge in [0.1, 0.15) is 11.4 Å². The van der Waals surface area contributed by atoms with E-state index in [4.69, 9.17) is 4.74 Å². The molecule has 3 heterocycles. The zero-order valence-corrected chi connectivity index (χ0v) is 16.4. The molecule has 1 atom stereocenters. The van der Waals surface area contributed by atoms with Crippen LogP contribution in [0.4, 0.5) is 11.6 Å². The number of benzene rings is 1. The summed E-state index contributed by atoms with van der Waals surface area (Å²) in [5, 5.41) is 0. The van der Waals surface area contributed by atoms with Crippen LogP contribution in [-0.2, 0) is 0 Å². The van der Waals surface area contributed by atoms with E-state index >= 15 is 0 Å². The molecule has 0 amide bonds. The molecule has 4 rings (SSSR count). The topological polar surface area (TPSA) is 57.1 Å². The third-order valence-corrected chi connectivity index (χ3v) is 5.33. The van der Waals surface area contributed by atoms with E-state index in [0.717, 1.165) is 63.1 Å². The van der Waals surface area contributed by atoms with Crippen LogP contribution in [-0.4, -0.2) is 78.5 Å². The highest BCUT2D eigenvalue weighted by Crippen LogP contribution is 2.30. The molecule has 0 bridgehead atoms. The second-order valence-corrected chi connectivity index (χ2v) is 7.32. The van der Waals surface area contributed by atoms with Gasteiger partial charge in [-0.05, 0) is 44.6 Å². The lowest BCUT2D eigenvalue weighted by molar-refractivity contribution is 0.100. The van der Waals surface area contributed by atoms with Crippen molar-refractivity contribution in [1.29, 1.82) is 0 Å². The first kappa shape index (κ1) is 18.8. The van der Waals surface area contributed by atoms with E-state index in [1.807, 2.05) is 48.9 Å². The van der Waals surface area contributed by atoms with E-state index in [-0.39, 0.29) is 6.23 Å². The number of rotatable bonds is 7. The Kier molecular flexibility index (Phi) is 6.14. The molecular formula is C21H28N6O. The summed E-state index contributed by atoms with van der Waals surface area (Å²) < 4.78 is 6.04. The van der Waals surface area contributed by atoms with Crippen LogP contribution in [0.5, 0.6) is 5.75 Å². The number of hydrogen-bond acceptors (Lipinski definition) is 7. The summed E-state index contributed by atoms with van der Waals surface area (Å²) in [5.74, 6) is 1.71. The number of unbranched alkanes of at least 4 members (excludes halogenated alkanes) is 1. The number of fused-ring (bicyclic) bond motifs is 1. The van der Waals surface area contributed by atoms with Crippen LogP contribution in [0.15, 0.2) is 47.7 Å². The minimum absolute atomic E-state index is 0.0793. The Morgan fingerprint density at radius 1 is 1.04 bits per heavy atom. The van der Waals surface area contributed by atoms with Gasteiger partial charge in [-0.15, -0.1) is 0 Å². The van der Waals surface area contributed by atoms with Gasteiger partial charge < -0.3 is 9.64 Å². The fourth-order valence-electron chi connectivity index (χ4n) is 3.62. The summed E-state index contributed by atoms with van der Waals surface area (Å²) in [6.45, 7) is 6.27. The number of anilines is 1. The lowest BCUT2D eigenvalue weighted by atomic mass is 10.2. The maximum absolute atomic E-state index is 6.04. The van der Waals surface area contributed by atoms with Crippen molar-refractivity contribution in [1.82, 2.24) is 19.8 Å². The predicted octanol–water partition coefficient (Wildman–Crippen LogP) is 2.43. The maximum Gasteiger partial charge on any atom is 0.225 e. The molecular weight excluding hydrogens is 352 g/mol. The summed E-state index contributed by atoms with van der Waals surface area (Å²) in [6.07, 6.45) is 7.77. The number of piperazine rings is 1. The molecule has 0 spiro atoms. The van der Waals surface area contributed by atoms with Crippen LogP contribution in [0.2, 0.25) is 0 Å². The van der Waals surface area contributed by atoms with Gasteiger partial charge in [-0.2, -0.15) is 0 Å². The van der Waals surface area contributed by atoms with Crippen LogP contribution >= 0.6 is 0 Å². The Morgan fingerprint density at radius 3 is 2.64 bits per heavy atom. The second kappa shape index (κ2) is 9.12. The normalized spacial score (nSPS) is 19.5. The third-order valence-electron chi connectivity index (χ3n) is 5.33. The third kappa shape index (κ3) is 4.66. The molecule has 0 radical (unpaired) electrons. The van der Waals surface area contributed by atoms with Gasteiger partial charge in [0.15, 0.2) is 6.23 Å². The van der Waals surface area contributed by atoms with E-state index in [1.165, 1.54) is 6.42 Å². The van der Waals surface area contributed by atoms with E-state index in [1.54, 1.807) is 0 Å². The monoisotopic (exact) mass is 380 g/mol. The fraction of sp³-hybridized carbons (Fsp3) is 0.476. The Bertz CT molecular complexity index is 775. The zero-order chi connectivity index (χ0) is 19.2. The highest BCUT2D eigenvalue weighted by molar-refractivity contribution is 5.73. The van der Waals surface area contributed by atoms with Crippen LogP contribution < -0.4 is 9.64 Å². The smallest absolute Gasteiger partial charge is 0.225 e. The van der Waals surface area contributed by atoms with Gasteiger partial charge in [0, 0.05) is 45.1 Å². The van der Waals surface area contributed by atoms with Crippen molar-refractivity contribution >= 4 is 17.9 Å². The first-order chi connectivity index (χ1) is 13.8. The molecule has 1 aromatic heterocycles. The predicted molar refractivity (Wildman–Crippen MR) is 112 cm³/mol. The fourth-order valence-corrected chi connectivity index (χ4v) is 3.62. The molecule has 2 aliphatic heterocycles. The Labute approximate surface area is 166 Å². The average Bonchev–Trinajstić information content (AvgIpc) is 2.77. The number of ether oxygens (including phenoxy) is 1. The van der Waals surface area contributed by atoms with Crippen molar-refractivity contribution < 1.29 is 4.74 Å². The van der Waals surface area contributed by atoms with Crippen molar-refractivity contribution in [2.24, 2.45) is 4.99 Å². The van der Waals surface area contributed by atoms with Gasteiger partial charge in [0.25, 0.3) is 0 Å². The summed E-state index contributed by atoms with van der Waals surface area (Å²) in [6, 6.07) is 9.79. The summed E-state index contributed by atoms with van der Waals surface area (Å²) in [5.41, 5.74) is 0.909. The Hall–Kier alpha value is -2.51. The van der Waals surface area contributed by atoms with E-state index in [2.05, 4.69) is 36.7 Å². The van der Waals surface area contributed by atoms with Crippen molar-refractivity contribution in [3.05, 3.63) is 42.7 Å². The van der Waals surface area contributed by atoms with E-state index in [9.17, 15) is 0 Å². The number of hydrogen-bond donors (Lipinski definition) is 0. The average molecular weight is 380 g/mol. The Morgan fingerprint density at radius 2 is 1.82 bits per heavy atom. The molecule has 1 saturated heterocycles. The van der Waals surface area contributed by atoms with Crippen LogP contribution in [0.3, 0.4) is 0 Å². The van der Waals surface area contributed by atoms with Crippen LogP contribution in [0.25, 0.3) is 0 Å². The van der Waals surface area contributed by atoms with Gasteiger partial charge in [0.05, 0.1) is 6.21 Å². The molecule has 0 N–H and O–H groups in total. The van der Waals surface area contributed by atoms with Gasteiger partial charge in [-0.25, -0.2) is 9.97 Å². The molecule has 28 heavy (non-hydrogen) atoms. The number of aromatic nitrogens is 2. The lowest BCUT2D eigenvalue weighted by Crippen LogP contribution is -2.47. The molecule has 7 heteroatoms. The first-order valence-corrected chi connectivity index (χ1v) is 10.0. The van der Waals surface area contributed by atoms with Crippen molar-refractivity contribution in [2.45, 2.75) is 19.1 Å². The standard InChI is InChI=1S/C21H28N6O/c1-25(20-17-24-18-7-2-3-8-19(18)28-20)11-4-5-12-26-13-15-27(16-14-26)21-22-9-6-10-23-21/h2-3,6-10,17,20H,4-5,11-16H2,1H3. The maximum atomic E-state index is 6.04.